The van der Waals surface area contributed by atoms with Crippen molar-refractivity contribution in [2.75, 3.05) is 32.7 Å². The maximum absolute atomic E-state index is 12.7. The van der Waals surface area contributed by atoms with Crippen molar-refractivity contribution < 1.29 is 9.90 Å². The van der Waals surface area contributed by atoms with Gasteiger partial charge in [-0.3, -0.25) is 9.69 Å². The monoisotopic (exact) mass is 329 g/mol. The Hall–Kier alpha value is -1.85. The third-order valence-corrected chi connectivity index (χ3v) is 4.85. The molecule has 1 atom stereocenters. The van der Waals surface area contributed by atoms with Gasteiger partial charge >= 0.3 is 0 Å². The van der Waals surface area contributed by atoms with Gasteiger partial charge in [0.15, 0.2) is 0 Å². The molecule has 0 spiro atoms. The number of hydrogen-bond acceptors (Lipinski definition) is 3. The number of fused-ring (bicyclic) bond motifs is 1. The minimum Gasteiger partial charge on any atom is -0.392 e. The summed E-state index contributed by atoms with van der Waals surface area (Å²) >= 11 is 0. The third kappa shape index (κ3) is 3.62. The van der Waals surface area contributed by atoms with Crippen molar-refractivity contribution >= 4 is 16.8 Å². The first-order valence-electron chi connectivity index (χ1n) is 8.70. The Morgan fingerprint density at radius 2 is 1.96 bits per heavy atom. The van der Waals surface area contributed by atoms with Gasteiger partial charge in [-0.15, -0.1) is 0 Å². The Kier molecular flexibility index (Phi) is 4.92. The lowest BCUT2D eigenvalue weighted by molar-refractivity contribution is -0.132. The molecule has 1 aliphatic rings. The summed E-state index contributed by atoms with van der Waals surface area (Å²) in [7, 11) is 0. The Balaban J connectivity index is 1.68. The fourth-order valence-corrected chi connectivity index (χ4v) is 3.54. The van der Waals surface area contributed by atoms with Gasteiger partial charge in [-0.2, -0.15) is 0 Å². The van der Waals surface area contributed by atoms with Crippen LogP contribution in [0.5, 0.6) is 0 Å². The summed E-state index contributed by atoms with van der Waals surface area (Å²) in [5, 5.41) is 10.6. The number of carbonyl (C=O) groups is 1. The number of β-amino-alcohol motifs (C(OH)–C–C–N with tert-alkyl or cyclic N) is 1. The zero-order valence-corrected chi connectivity index (χ0v) is 14.8. The summed E-state index contributed by atoms with van der Waals surface area (Å²) in [6.07, 6.45) is 0.135. The standard InChI is InChI=1S/C19H27N3O2/c1-13-4-5-18-17(10-13)16(15(3)20-18)11-19(24)22-8-6-21(7-9-22)12-14(2)23/h4-5,10,14,20,23H,6-9,11-12H2,1-3H3. The topological polar surface area (TPSA) is 59.6 Å². The SMILES string of the molecule is Cc1ccc2[nH]c(C)c(CC(=O)N3CCN(CC(C)O)CC3)c2c1. The molecule has 0 saturated carbocycles. The van der Waals surface area contributed by atoms with Crippen LogP contribution in [0.3, 0.4) is 0 Å². The van der Waals surface area contributed by atoms with Crippen LogP contribution in [-0.4, -0.2) is 64.6 Å². The van der Waals surface area contributed by atoms with Crippen molar-refractivity contribution in [1.29, 1.82) is 0 Å². The first kappa shape index (κ1) is 17.0. The molecule has 1 unspecified atom stereocenters. The number of benzene rings is 1. The van der Waals surface area contributed by atoms with E-state index in [0.717, 1.165) is 48.3 Å². The van der Waals surface area contributed by atoms with Crippen LogP contribution < -0.4 is 0 Å². The van der Waals surface area contributed by atoms with Crippen LogP contribution in [0.1, 0.15) is 23.7 Å². The van der Waals surface area contributed by atoms with E-state index in [-0.39, 0.29) is 12.0 Å². The molecule has 1 aromatic carbocycles. The van der Waals surface area contributed by atoms with Crippen LogP contribution in [0.2, 0.25) is 0 Å². The number of aromatic nitrogens is 1. The number of piperazine rings is 1. The molecular weight excluding hydrogens is 302 g/mol. The summed E-state index contributed by atoms with van der Waals surface area (Å²) in [5.41, 5.74) is 4.51. The highest BCUT2D eigenvalue weighted by atomic mass is 16.3. The molecule has 1 fully saturated rings. The largest absolute Gasteiger partial charge is 0.392 e. The van der Waals surface area contributed by atoms with Gasteiger partial charge in [0.05, 0.1) is 12.5 Å². The van der Waals surface area contributed by atoms with E-state index < -0.39 is 0 Å². The number of nitrogens with one attached hydrogen (secondary N) is 1. The fraction of sp³-hybridized carbons (Fsp3) is 0.526. The highest BCUT2D eigenvalue weighted by Crippen LogP contribution is 2.24. The first-order valence-corrected chi connectivity index (χ1v) is 8.70. The van der Waals surface area contributed by atoms with Gasteiger partial charge in [-0.1, -0.05) is 11.6 Å². The van der Waals surface area contributed by atoms with Gasteiger partial charge in [0.25, 0.3) is 0 Å². The number of hydrogen-bond donors (Lipinski definition) is 2. The lowest BCUT2D eigenvalue weighted by Crippen LogP contribution is -2.50. The highest BCUT2D eigenvalue weighted by Gasteiger charge is 2.23. The number of carbonyl (C=O) groups excluding carboxylic acids is 1. The van der Waals surface area contributed by atoms with E-state index in [1.807, 2.05) is 11.8 Å². The van der Waals surface area contributed by atoms with E-state index in [1.165, 1.54) is 5.56 Å². The minimum atomic E-state index is -0.315. The average molecular weight is 329 g/mol. The number of aromatic amines is 1. The average Bonchev–Trinajstić information content (AvgIpc) is 2.83. The zero-order chi connectivity index (χ0) is 17.3. The van der Waals surface area contributed by atoms with Crippen LogP contribution in [0.4, 0.5) is 0 Å². The molecule has 130 valence electrons. The number of H-pyrrole nitrogens is 1. The number of nitrogens with zero attached hydrogens (tertiary/aromatic N) is 2. The molecule has 2 heterocycles. The number of aliphatic hydroxyl groups excluding tert-OH is 1. The van der Waals surface area contributed by atoms with Crippen LogP contribution in [0.25, 0.3) is 10.9 Å². The van der Waals surface area contributed by atoms with Crippen LogP contribution in [0.15, 0.2) is 18.2 Å². The smallest absolute Gasteiger partial charge is 0.227 e. The lowest BCUT2D eigenvalue weighted by atomic mass is 10.0. The second-order valence-electron chi connectivity index (χ2n) is 6.98. The van der Waals surface area contributed by atoms with E-state index >= 15 is 0 Å². The predicted molar refractivity (Wildman–Crippen MR) is 96.2 cm³/mol. The summed E-state index contributed by atoms with van der Waals surface area (Å²) in [5.74, 6) is 0.192. The number of aryl methyl sites for hydroxylation is 2. The molecule has 1 aliphatic heterocycles. The molecule has 2 aromatic rings. The summed E-state index contributed by atoms with van der Waals surface area (Å²) in [6.45, 7) is 9.76. The van der Waals surface area contributed by atoms with Crippen molar-refractivity contribution in [3.05, 3.63) is 35.0 Å². The van der Waals surface area contributed by atoms with Gasteiger partial charge in [0, 0.05) is 49.3 Å². The molecule has 1 amide bonds. The zero-order valence-electron chi connectivity index (χ0n) is 14.8. The van der Waals surface area contributed by atoms with E-state index in [2.05, 4.69) is 35.0 Å². The van der Waals surface area contributed by atoms with Crippen molar-refractivity contribution in [2.24, 2.45) is 0 Å². The molecule has 1 saturated heterocycles. The van der Waals surface area contributed by atoms with Gasteiger partial charge < -0.3 is 15.0 Å². The second kappa shape index (κ2) is 6.95. The normalized spacial score (nSPS) is 17.4. The molecule has 0 bridgehead atoms. The van der Waals surface area contributed by atoms with E-state index in [0.29, 0.717) is 13.0 Å². The van der Waals surface area contributed by atoms with Crippen LogP contribution in [-0.2, 0) is 11.2 Å². The van der Waals surface area contributed by atoms with Crippen LogP contribution >= 0.6 is 0 Å². The number of rotatable bonds is 4. The van der Waals surface area contributed by atoms with E-state index in [1.54, 1.807) is 6.92 Å². The fourth-order valence-electron chi connectivity index (χ4n) is 3.54. The Labute approximate surface area is 143 Å². The number of amides is 1. The predicted octanol–water partition coefficient (Wildman–Crippen LogP) is 1.85. The van der Waals surface area contributed by atoms with E-state index in [4.69, 9.17) is 0 Å². The van der Waals surface area contributed by atoms with Gasteiger partial charge in [0.2, 0.25) is 5.91 Å². The van der Waals surface area contributed by atoms with Crippen molar-refractivity contribution in [3.63, 3.8) is 0 Å². The first-order chi connectivity index (χ1) is 11.4. The molecule has 5 heteroatoms. The maximum Gasteiger partial charge on any atom is 0.227 e. The Morgan fingerprint density at radius 3 is 2.62 bits per heavy atom. The quantitative estimate of drug-likeness (QED) is 0.900. The molecule has 5 nitrogen and oxygen atoms in total. The van der Waals surface area contributed by atoms with Crippen molar-refractivity contribution in [1.82, 2.24) is 14.8 Å². The molecule has 24 heavy (non-hydrogen) atoms. The highest BCUT2D eigenvalue weighted by molar-refractivity contribution is 5.90. The third-order valence-electron chi connectivity index (χ3n) is 4.85. The minimum absolute atomic E-state index is 0.192. The lowest BCUT2D eigenvalue weighted by Gasteiger charge is -2.35. The van der Waals surface area contributed by atoms with Gasteiger partial charge in [-0.25, -0.2) is 0 Å². The molecule has 0 aliphatic carbocycles. The van der Waals surface area contributed by atoms with Gasteiger partial charge in [-0.05, 0) is 38.5 Å². The molecular formula is C19H27N3O2. The van der Waals surface area contributed by atoms with Crippen molar-refractivity contribution in [3.8, 4) is 0 Å². The Morgan fingerprint density at radius 1 is 1.25 bits per heavy atom. The van der Waals surface area contributed by atoms with Crippen molar-refractivity contribution in [2.45, 2.75) is 33.3 Å². The summed E-state index contributed by atoms with van der Waals surface area (Å²) in [6, 6.07) is 6.33. The maximum atomic E-state index is 12.7. The number of aliphatic hydroxyl groups is 1. The molecule has 2 N–H and O–H groups in total. The Bertz CT molecular complexity index is 728. The molecule has 3 rings (SSSR count). The summed E-state index contributed by atoms with van der Waals surface area (Å²) < 4.78 is 0. The molecule has 0 radical (unpaired) electrons. The van der Waals surface area contributed by atoms with Gasteiger partial charge in [0.1, 0.15) is 0 Å². The molecule has 1 aromatic heterocycles. The van der Waals surface area contributed by atoms with E-state index in [9.17, 15) is 9.90 Å². The second-order valence-corrected chi connectivity index (χ2v) is 6.98. The summed E-state index contributed by atoms with van der Waals surface area (Å²) in [4.78, 5) is 20.3. The van der Waals surface area contributed by atoms with Crippen LogP contribution in [0, 0.1) is 13.8 Å².